The first-order valence-corrected chi connectivity index (χ1v) is 6.34. The molecule has 0 saturated heterocycles. The molecule has 0 atom stereocenters. The van der Waals surface area contributed by atoms with Gasteiger partial charge >= 0.3 is 0 Å². The smallest absolute Gasteiger partial charge is 0.0913 e. The summed E-state index contributed by atoms with van der Waals surface area (Å²) in [6.45, 7) is 2.86. The number of benzene rings is 2. The van der Waals surface area contributed by atoms with Gasteiger partial charge in [-0.3, -0.25) is 0 Å². The van der Waals surface area contributed by atoms with Crippen LogP contribution in [0.25, 0.3) is 5.57 Å². The molecule has 0 saturated carbocycles. The van der Waals surface area contributed by atoms with Crippen LogP contribution < -0.4 is 0 Å². The Balaban J connectivity index is 2.33. The van der Waals surface area contributed by atoms with Crippen molar-refractivity contribution in [3.63, 3.8) is 0 Å². The molecule has 0 aromatic heterocycles. The first-order chi connectivity index (χ1) is 8.92. The van der Waals surface area contributed by atoms with Crippen molar-refractivity contribution in [3.05, 3.63) is 78.1 Å². The maximum Gasteiger partial charge on any atom is 0.0913 e. The summed E-state index contributed by atoms with van der Waals surface area (Å²) in [6, 6.07) is 20.7. The summed E-state index contributed by atoms with van der Waals surface area (Å²) >= 11 is 0. The first-order valence-electron chi connectivity index (χ1n) is 6.34. The zero-order chi connectivity index (χ0) is 12.6. The van der Waals surface area contributed by atoms with Crippen LogP contribution in [-0.4, -0.2) is 6.61 Å². The highest BCUT2D eigenvalue weighted by molar-refractivity contribution is 5.78. The van der Waals surface area contributed by atoms with Gasteiger partial charge < -0.3 is 4.74 Å². The number of hydrogen-bond donors (Lipinski definition) is 0. The molecule has 1 nitrogen and oxygen atoms in total. The molecule has 0 aliphatic heterocycles. The van der Waals surface area contributed by atoms with Crippen molar-refractivity contribution >= 4 is 5.57 Å². The van der Waals surface area contributed by atoms with Crippen molar-refractivity contribution in [3.8, 4) is 0 Å². The van der Waals surface area contributed by atoms with Crippen LogP contribution in [0.4, 0.5) is 0 Å². The third-order valence-corrected chi connectivity index (χ3v) is 2.69. The highest BCUT2D eigenvalue weighted by Gasteiger charge is 2.04. The molecule has 92 valence electrons. The second-order valence-electron chi connectivity index (χ2n) is 4.13. The van der Waals surface area contributed by atoms with E-state index >= 15 is 0 Å². The minimum Gasteiger partial charge on any atom is -0.501 e. The third kappa shape index (κ3) is 3.24. The van der Waals surface area contributed by atoms with E-state index in [4.69, 9.17) is 4.74 Å². The van der Waals surface area contributed by atoms with Gasteiger partial charge in [0.1, 0.15) is 0 Å². The standard InChI is InChI=1S/C17H18O/c1-2-13-18-14-17(15-9-5-3-6-10-15)16-11-7-4-8-12-16/h3-12,14H,2,13H2,1H3. The van der Waals surface area contributed by atoms with Crippen molar-refractivity contribution in [2.75, 3.05) is 6.61 Å². The highest BCUT2D eigenvalue weighted by atomic mass is 16.5. The van der Waals surface area contributed by atoms with Gasteiger partial charge in [0.05, 0.1) is 12.9 Å². The Morgan fingerprint density at radius 3 is 1.83 bits per heavy atom. The molecule has 0 spiro atoms. The van der Waals surface area contributed by atoms with Crippen molar-refractivity contribution in [1.29, 1.82) is 0 Å². The van der Waals surface area contributed by atoms with Crippen molar-refractivity contribution < 1.29 is 4.74 Å². The molecule has 0 amide bonds. The average Bonchev–Trinajstić information content (AvgIpc) is 2.46. The Morgan fingerprint density at radius 2 is 1.39 bits per heavy atom. The van der Waals surface area contributed by atoms with Gasteiger partial charge in [-0.2, -0.15) is 0 Å². The SMILES string of the molecule is CCCOC=C(c1ccccc1)c1ccccc1. The average molecular weight is 238 g/mol. The van der Waals surface area contributed by atoms with Crippen LogP contribution in [0.15, 0.2) is 66.9 Å². The fourth-order valence-corrected chi connectivity index (χ4v) is 1.80. The molecule has 0 fully saturated rings. The van der Waals surface area contributed by atoms with E-state index in [9.17, 15) is 0 Å². The van der Waals surface area contributed by atoms with Crippen molar-refractivity contribution in [1.82, 2.24) is 0 Å². The molecule has 0 bridgehead atoms. The molecule has 2 aromatic rings. The van der Waals surface area contributed by atoms with E-state index in [0.29, 0.717) is 0 Å². The second-order valence-corrected chi connectivity index (χ2v) is 4.13. The van der Waals surface area contributed by atoms with E-state index in [1.807, 2.05) is 42.7 Å². The van der Waals surface area contributed by atoms with Gasteiger partial charge in [-0.25, -0.2) is 0 Å². The Bertz CT molecular complexity index is 444. The van der Waals surface area contributed by atoms with Gasteiger partial charge in [0, 0.05) is 5.57 Å². The van der Waals surface area contributed by atoms with Gasteiger partial charge in [-0.05, 0) is 17.5 Å². The number of hydrogen-bond acceptors (Lipinski definition) is 1. The molecular formula is C17H18O. The second kappa shape index (κ2) is 6.65. The van der Waals surface area contributed by atoms with E-state index < -0.39 is 0 Å². The summed E-state index contributed by atoms with van der Waals surface area (Å²) in [6.07, 6.45) is 2.89. The van der Waals surface area contributed by atoms with Gasteiger partial charge in [0.25, 0.3) is 0 Å². The van der Waals surface area contributed by atoms with Crippen LogP contribution in [0.5, 0.6) is 0 Å². The maximum absolute atomic E-state index is 5.59. The summed E-state index contributed by atoms with van der Waals surface area (Å²) in [5.41, 5.74) is 3.49. The molecule has 0 unspecified atom stereocenters. The molecule has 0 aliphatic carbocycles. The van der Waals surface area contributed by atoms with Crippen LogP contribution in [0.3, 0.4) is 0 Å². The van der Waals surface area contributed by atoms with Crippen LogP contribution in [0.1, 0.15) is 24.5 Å². The van der Waals surface area contributed by atoms with E-state index in [2.05, 4.69) is 31.2 Å². The minimum absolute atomic E-state index is 0.753. The van der Waals surface area contributed by atoms with Gasteiger partial charge in [-0.1, -0.05) is 67.6 Å². The Morgan fingerprint density at radius 1 is 0.889 bits per heavy atom. The summed E-state index contributed by atoms with van der Waals surface area (Å²) < 4.78 is 5.59. The van der Waals surface area contributed by atoms with E-state index in [0.717, 1.165) is 18.6 Å². The summed E-state index contributed by atoms with van der Waals surface area (Å²) in [4.78, 5) is 0. The largest absolute Gasteiger partial charge is 0.501 e. The predicted molar refractivity (Wildman–Crippen MR) is 76.2 cm³/mol. The third-order valence-electron chi connectivity index (χ3n) is 2.69. The molecule has 2 aromatic carbocycles. The first kappa shape index (κ1) is 12.4. The molecule has 2 rings (SSSR count). The topological polar surface area (TPSA) is 9.23 Å². The van der Waals surface area contributed by atoms with Crippen molar-refractivity contribution in [2.45, 2.75) is 13.3 Å². The molecule has 18 heavy (non-hydrogen) atoms. The molecule has 0 aliphatic rings. The zero-order valence-corrected chi connectivity index (χ0v) is 10.7. The predicted octanol–water partition coefficient (Wildman–Crippen LogP) is 4.50. The fraction of sp³-hybridized carbons (Fsp3) is 0.176. The molecule has 0 heterocycles. The lowest BCUT2D eigenvalue weighted by Gasteiger charge is -2.08. The summed E-state index contributed by atoms with van der Waals surface area (Å²) in [7, 11) is 0. The van der Waals surface area contributed by atoms with E-state index in [-0.39, 0.29) is 0 Å². The van der Waals surface area contributed by atoms with Crippen LogP contribution >= 0.6 is 0 Å². The summed E-state index contributed by atoms with van der Waals surface area (Å²) in [5.74, 6) is 0. The number of rotatable bonds is 5. The lowest BCUT2D eigenvalue weighted by atomic mass is 9.99. The van der Waals surface area contributed by atoms with E-state index in [1.54, 1.807) is 0 Å². The van der Waals surface area contributed by atoms with Crippen molar-refractivity contribution in [2.24, 2.45) is 0 Å². The quantitative estimate of drug-likeness (QED) is 0.550. The van der Waals surface area contributed by atoms with Crippen LogP contribution in [-0.2, 0) is 4.74 Å². The lowest BCUT2D eigenvalue weighted by Crippen LogP contribution is -1.91. The Kier molecular flexibility index (Phi) is 4.60. The van der Waals surface area contributed by atoms with E-state index in [1.165, 1.54) is 11.1 Å². The van der Waals surface area contributed by atoms with Gasteiger partial charge in [-0.15, -0.1) is 0 Å². The van der Waals surface area contributed by atoms with Crippen LogP contribution in [0, 0.1) is 0 Å². The fourth-order valence-electron chi connectivity index (χ4n) is 1.80. The Labute approximate surface area is 109 Å². The molecular weight excluding hydrogens is 220 g/mol. The van der Waals surface area contributed by atoms with Gasteiger partial charge in [0.2, 0.25) is 0 Å². The maximum atomic E-state index is 5.59. The lowest BCUT2D eigenvalue weighted by molar-refractivity contribution is 0.251. The van der Waals surface area contributed by atoms with Crippen LogP contribution in [0.2, 0.25) is 0 Å². The minimum atomic E-state index is 0.753. The monoisotopic (exact) mass is 238 g/mol. The normalized spacial score (nSPS) is 9.83. The summed E-state index contributed by atoms with van der Waals surface area (Å²) in [5, 5.41) is 0. The molecule has 1 heteroatoms. The Hall–Kier alpha value is -2.02. The van der Waals surface area contributed by atoms with Gasteiger partial charge in [0.15, 0.2) is 0 Å². The number of ether oxygens (including phenoxy) is 1. The zero-order valence-electron chi connectivity index (χ0n) is 10.7. The highest BCUT2D eigenvalue weighted by Crippen LogP contribution is 2.23. The molecule has 0 radical (unpaired) electrons. The molecule has 0 N–H and O–H groups in total.